The van der Waals surface area contributed by atoms with Gasteiger partial charge >= 0.3 is 0 Å². The summed E-state index contributed by atoms with van der Waals surface area (Å²) in [5.74, 6) is 1.01. The summed E-state index contributed by atoms with van der Waals surface area (Å²) in [5, 5.41) is 0. The summed E-state index contributed by atoms with van der Waals surface area (Å²) >= 11 is 0. The van der Waals surface area contributed by atoms with Crippen molar-refractivity contribution in [2.75, 3.05) is 33.3 Å². The quantitative estimate of drug-likeness (QED) is 0.842. The fourth-order valence-corrected chi connectivity index (χ4v) is 2.73. The topological polar surface area (TPSA) is 58.8 Å². The van der Waals surface area contributed by atoms with Crippen LogP contribution in [0.25, 0.3) is 0 Å². The van der Waals surface area contributed by atoms with Crippen LogP contribution in [0.4, 0.5) is 0 Å². The minimum absolute atomic E-state index is 0.0478. The van der Waals surface area contributed by atoms with Gasteiger partial charge in [0.05, 0.1) is 0 Å². The third kappa shape index (κ3) is 3.97. The van der Waals surface area contributed by atoms with E-state index in [9.17, 15) is 4.79 Å². The fourth-order valence-electron chi connectivity index (χ4n) is 2.73. The lowest BCUT2D eigenvalue weighted by Gasteiger charge is -2.34. The van der Waals surface area contributed by atoms with E-state index in [4.69, 9.17) is 9.15 Å². The van der Waals surface area contributed by atoms with Gasteiger partial charge in [-0.05, 0) is 23.8 Å². The van der Waals surface area contributed by atoms with Crippen LogP contribution < -0.4 is 0 Å². The van der Waals surface area contributed by atoms with Crippen LogP contribution in [0.5, 0.6) is 0 Å². The molecule has 1 fully saturated rings. The number of pyridine rings is 1. The highest BCUT2D eigenvalue weighted by molar-refractivity contribution is 5.91. The van der Waals surface area contributed by atoms with Gasteiger partial charge in [-0.25, -0.2) is 0 Å². The van der Waals surface area contributed by atoms with Gasteiger partial charge in [-0.2, -0.15) is 0 Å². The number of carbonyl (C=O) groups excluding carboxylic acids is 1. The van der Waals surface area contributed by atoms with Crippen LogP contribution in [0.15, 0.2) is 41.1 Å². The molecule has 3 heterocycles. The standard InChI is InChI=1S/C17H21N3O3/c1-22-13-15-4-5-16(23-15)17(21)20-9-7-19(8-10-20)12-14-3-2-6-18-11-14/h2-6,11H,7-10,12-13H2,1H3. The van der Waals surface area contributed by atoms with E-state index in [2.05, 4.69) is 16.0 Å². The number of carbonyl (C=O) groups is 1. The molecule has 0 unspecified atom stereocenters. The van der Waals surface area contributed by atoms with Crippen LogP contribution >= 0.6 is 0 Å². The van der Waals surface area contributed by atoms with Gasteiger partial charge in [0.2, 0.25) is 0 Å². The second-order valence-corrected chi connectivity index (χ2v) is 5.63. The lowest BCUT2D eigenvalue weighted by molar-refractivity contribution is 0.0591. The molecule has 0 atom stereocenters. The normalized spacial score (nSPS) is 15.8. The Balaban J connectivity index is 1.52. The smallest absolute Gasteiger partial charge is 0.289 e. The van der Waals surface area contributed by atoms with Crippen molar-refractivity contribution in [3.05, 3.63) is 53.7 Å². The molecule has 6 heteroatoms. The van der Waals surface area contributed by atoms with Gasteiger partial charge in [-0.3, -0.25) is 14.7 Å². The molecule has 0 saturated carbocycles. The lowest BCUT2D eigenvalue weighted by Crippen LogP contribution is -2.48. The highest BCUT2D eigenvalue weighted by Gasteiger charge is 2.24. The summed E-state index contributed by atoms with van der Waals surface area (Å²) in [4.78, 5) is 20.8. The number of furan rings is 1. The van der Waals surface area contributed by atoms with E-state index in [-0.39, 0.29) is 5.91 Å². The van der Waals surface area contributed by atoms with Crippen molar-refractivity contribution in [1.29, 1.82) is 0 Å². The minimum Gasteiger partial charge on any atom is -0.453 e. The van der Waals surface area contributed by atoms with E-state index in [0.717, 1.165) is 19.6 Å². The summed E-state index contributed by atoms with van der Waals surface area (Å²) < 4.78 is 10.5. The third-order valence-corrected chi connectivity index (χ3v) is 3.95. The molecule has 6 nitrogen and oxygen atoms in total. The number of ether oxygens (including phenoxy) is 1. The van der Waals surface area contributed by atoms with Crippen molar-refractivity contribution in [1.82, 2.24) is 14.8 Å². The molecule has 0 bridgehead atoms. The Kier molecular flexibility index (Phi) is 5.05. The van der Waals surface area contributed by atoms with E-state index in [0.29, 0.717) is 31.2 Å². The number of nitrogens with zero attached hydrogens (tertiary/aromatic N) is 3. The Hall–Kier alpha value is -2.18. The molecule has 0 aliphatic carbocycles. The van der Waals surface area contributed by atoms with E-state index in [1.165, 1.54) is 5.56 Å². The number of aromatic nitrogens is 1. The predicted octanol–water partition coefficient (Wildman–Crippen LogP) is 1.78. The molecule has 1 saturated heterocycles. The Morgan fingerprint density at radius 1 is 1.26 bits per heavy atom. The van der Waals surface area contributed by atoms with Crippen LogP contribution in [0.2, 0.25) is 0 Å². The molecule has 1 amide bonds. The van der Waals surface area contributed by atoms with Crippen molar-refractivity contribution < 1.29 is 13.9 Å². The van der Waals surface area contributed by atoms with E-state index in [1.54, 1.807) is 25.4 Å². The molecule has 3 rings (SSSR count). The summed E-state index contributed by atoms with van der Waals surface area (Å²) in [7, 11) is 1.60. The van der Waals surface area contributed by atoms with E-state index >= 15 is 0 Å². The number of rotatable bonds is 5. The second kappa shape index (κ2) is 7.39. The molecular weight excluding hydrogens is 294 g/mol. The SMILES string of the molecule is COCc1ccc(C(=O)N2CCN(Cc3cccnc3)CC2)o1. The van der Waals surface area contributed by atoms with Gasteiger partial charge < -0.3 is 14.1 Å². The zero-order valence-corrected chi connectivity index (χ0v) is 13.3. The second-order valence-electron chi connectivity index (χ2n) is 5.63. The maximum Gasteiger partial charge on any atom is 0.289 e. The van der Waals surface area contributed by atoms with Gasteiger partial charge in [0.1, 0.15) is 12.4 Å². The highest BCUT2D eigenvalue weighted by Crippen LogP contribution is 2.14. The summed E-state index contributed by atoms with van der Waals surface area (Å²) in [6.07, 6.45) is 3.67. The highest BCUT2D eigenvalue weighted by atomic mass is 16.5. The summed E-state index contributed by atoms with van der Waals surface area (Å²) in [5.41, 5.74) is 1.20. The first-order valence-electron chi connectivity index (χ1n) is 7.74. The van der Waals surface area contributed by atoms with Gasteiger partial charge in [0.15, 0.2) is 5.76 Å². The van der Waals surface area contributed by atoms with Crippen LogP contribution in [0.3, 0.4) is 0 Å². The zero-order valence-electron chi connectivity index (χ0n) is 13.3. The van der Waals surface area contributed by atoms with Crippen molar-refractivity contribution in [2.45, 2.75) is 13.2 Å². The molecule has 1 aliphatic heterocycles. The number of hydrogen-bond acceptors (Lipinski definition) is 5. The first-order chi connectivity index (χ1) is 11.3. The summed E-state index contributed by atoms with van der Waals surface area (Å²) in [6, 6.07) is 7.53. The molecular formula is C17H21N3O3. The van der Waals surface area contributed by atoms with Crippen LogP contribution in [0, 0.1) is 0 Å². The van der Waals surface area contributed by atoms with Crippen molar-refractivity contribution in [3.63, 3.8) is 0 Å². The molecule has 1 aliphatic rings. The van der Waals surface area contributed by atoms with Crippen LogP contribution in [0.1, 0.15) is 21.9 Å². The molecule has 0 spiro atoms. The lowest BCUT2D eigenvalue weighted by atomic mass is 10.2. The Bertz CT molecular complexity index is 634. The van der Waals surface area contributed by atoms with E-state index < -0.39 is 0 Å². The van der Waals surface area contributed by atoms with Crippen molar-refractivity contribution >= 4 is 5.91 Å². The molecule has 2 aromatic heterocycles. The number of methoxy groups -OCH3 is 1. The predicted molar refractivity (Wildman–Crippen MR) is 84.8 cm³/mol. The summed E-state index contributed by atoms with van der Waals surface area (Å²) in [6.45, 7) is 4.37. The first kappa shape index (κ1) is 15.7. The van der Waals surface area contributed by atoms with Crippen LogP contribution in [-0.4, -0.2) is 54.0 Å². The third-order valence-electron chi connectivity index (χ3n) is 3.95. The van der Waals surface area contributed by atoms with Gasteiger partial charge in [-0.1, -0.05) is 6.07 Å². The maximum atomic E-state index is 12.4. The Labute approximate surface area is 135 Å². The Morgan fingerprint density at radius 3 is 2.78 bits per heavy atom. The molecule has 2 aromatic rings. The molecule has 122 valence electrons. The Morgan fingerprint density at radius 2 is 2.09 bits per heavy atom. The van der Waals surface area contributed by atoms with Gasteiger partial charge in [0, 0.05) is 52.2 Å². The average molecular weight is 315 g/mol. The van der Waals surface area contributed by atoms with Gasteiger partial charge in [0.25, 0.3) is 5.91 Å². The number of piperazine rings is 1. The monoisotopic (exact) mass is 315 g/mol. The van der Waals surface area contributed by atoms with Crippen LogP contribution in [-0.2, 0) is 17.9 Å². The first-order valence-corrected chi connectivity index (χ1v) is 7.74. The minimum atomic E-state index is -0.0478. The van der Waals surface area contributed by atoms with Crippen molar-refractivity contribution in [3.8, 4) is 0 Å². The molecule has 0 aromatic carbocycles. The van der Waals surface area contributed by atoms with Gasteiger partial charge in [-0.15, -0.1) is 0 Å². The fraction of sp³-hybridized carbons (Fsp3) is 0.412. The van der Waals surface area contributed by atoms with E-state index in [1.807, 2.05) is 17.2 Å². The molecule has 23 heavy (non-hydrogen) atoms. The zero-order chi connectivity index (χ0) is 16.1. The molecule has 0 radical (unpaired) electrons. The number of hydrogen-bond donors (Lipinski definition) is 0. The van der Waals surface area contributed by atoms with Crippen molar-refractivity contribution in [2.24, 2.45) is 0 Å². The largest absolute Gasteiger partial charge is 0.453 e. The number of amides is 1. The average Bonchev–Trinajstić information content (AvgIpc) is 3.05. The molecule has 0 N–H and O–H groups in total. The maximum absolute atomic E-state index is 12.4.